The van der Waals surface area contributed by atoms with Crippen molar-refractivity contribution in [2.75, 3.05) is 46.5 Å². The number of aliphatic hydroxyl groups excluding tert-OH is 1. The van der Waals surface area contributed by atoms with E-state index in [0.29, 0.717) is 45.8 Å². The van der Waals surface area contributed by atoms with E-state index in [1.807, 2.05) is 29.2 Å². The summed E-state index contributed by atoms with van der Waals surface area (Å²) in [6, 6.07) is 7.90. The Labute approximate surface area is 136 Å². The third kappa shape index (κ3) is 3.83. The Kier molecular flexibility index (Phi) is 5.15. The number of ether oxygens (including phenoxy) is 2. The van der Waals surface area contributed by atoms with Gasteiger partial charge in [0, 0.05) is 25.7 Å². The first-order chi connectivity index (χ1) is 11.2. The van der Waals surface area contributed by atoms with E-state index in [0.717, 1.165) is 11.3 Å². The van der Waals surface area contributed by atoms with Crippen LogP contribution >= 0.6 is 0 Å². The van der Waals surface area contributed by atoms with E-state index in [1.165, 1.54) is 0 Å². The molecule has 2 atom stereocenters. The fourth-order valence-electron chi connectivity index (χ4n) is 3.34. The number of methoxy groups -OCH3 is 1. The number of carbonyl (C=O) groups excluding carboxylic acids is 1. The Hall–Kier alpha value is -1.63. The molecule has 2 fully saturated rings. The maximum absolute atomic E-state index is 12.5. The second kappa shape index (κ2) is 7.29. The Balaban J connectivity index is 1.70. The van der Waals surface area contributed by atoms with E-state index in [9.17, 15) is 9.90 Å². The maximum atomic E-state index is 12.5. The highest BCUT2D eigenvalue weighted by atomic mass is 16.5. The lowest BCUT2D eigenvalue weighted by molar-refractivity contribution is -0.136. The third-order valence-corrected chi connectivity index (χ3v) is 4.56. The molecule has 2 saturated heterocycles. The molecule has 1 N–H and O–H groups in total. The van der Waals surface area contributed by atoms with Gasteiger partial charge in [0.1, 0.15) is 5.75 Å². The van der Waals surface area contributed by atoms with Crippen molar-refractivity contribution in [3.63, 3.8) is 0 Å². The van der Waals surface area contributed by atoms with E-state index in [4.69, 9.17) is 9.47 Å². The molecular weight excluding hydrogens is 296 g/mol. The Bertz CT molecular complexity index is 545. The van der Waals surface area contributed by atoms with Gasteiger partial charge in [-0.2, -0.15) is 0 Å². The molecule has 0 spiro atoms. The summed E-state index contributed by atoms with van der Waals surface area (Å²) in [7, 11) is 1.64. The fraction of sp³-hybridized carbons (Fsp3) is 0.588. The Morgan fingerprint density at radius 2 is 2.17 bits per heavy atom. The zero-order chi connectivity index (χ0) is 16.2. The number of hydrogen-bond donors (Lipinski definition) is 1. The number of amides is 1. The zero-order valence-electron chi connectivity index (χ0n) is 13.5. The zero-order valence-corrected chi connectivity index (χ0v) is 13.5. The molecule has 2 aliphatic rings. The van der Waals surface area contributed by atoms with Gasteiger partial charge in [0.05, 0.1) is 33.0 Å². The molecule has 2 heterocycles. The number of likely N-dealkylation sites (tertiary alicyclic amines) is 1. The largest absolute Gasteiger partial charge is 0.497 e. The molecule has 0 aliphatic carbocycles. The topological polar surface area (TPSA) is 62.2 Å². The van der Waals surface area contributed by atoms with Gasteiger partial charge in [-0.05, 0) is 24.1 Å². The predicted octanol–water partition coefficient (Wildman–Crippen LogP) is 0.662. The van der Waals surface area contributed by atoms with Crippen molar-refractivity contribution in [2.24, 2.45) is 0 Å². The van der Waals surface area contributed by atoms with Gasteiger partial charge in [-0.3, -0.25) is 9.69 Å². The van der Waals surface area contributed by atoms with Gasteiger partial charge in [-0.1, -0.05) is 12.1 Å². The molecule has 6 heteroatoms. The summed E-state index contributed by atoms with van der Waals surface area (Å²) in [4.78, 5) is 16.4. The first-order valence-electron chi connectivity index (χ1n) is 8.09. The minimum absolute atomic E-state index is 0.0464. The Morgan fingerprint density at radius 1 is 1.39 bits per heavy atom. The second-order valence-electron chi connectivity index (χ2n) is 6.10. The first-order valence-corrected chi connectivity index (χ1v) is 8.09. The van der Waals surface area contributed by atoms with Crippen LogP contribution in [0.25, 0.3) is 0 Å². The normalized spacial score (nSPS) is 25.6. The molecule has 1 amide bonds. The summed E-state index contributed by atoms with van der Waals surface area (Å²) >= 11 is 0. The highest BCUT2D eigenvalue weighted by Crippen LogP contribution is 2.33. The molecule has 1 aromatic carbocycles. The summed E-state index contributed by atoms with van der Waals surface area (Å²) in [6.45, 7) is 3.37. The van der Waals surface area contributed by atoms with Gasteiger partial charge in [-0.15, -0.1) is 0 Å². The van der Waals surface area contributed by atoms with Crippen molar-refractivity contribution < 1.29 is 19.4 Å². The molecule has 0 radical (unpaired) electrons. The summed E-state index contributed by atoms with van der Waals surface area (Å²) < 4.78 is 10.6. The van der Waals surface area contributed by atoms with Gasteiger partial charge in [-0.25, -0.2) is 0 Å². The minimum Gasteiger partial charge on any atom is -0.497 e. The van der Waals surface area contributed by atoms with Crippen molar-refractivity contribution in [2.45, 2.75) is 18.6 Å². The van der Waals surface area contributed by atoms with E-state index in [2.05, 4.69) is 4.90 Å². The first kappa shape index (κ1) is 16.2. The van der Waals surface area contributed by atoms with Crippen LogP contribution in [0.1, 0.15) is 18.0 Å². The average molecular weight is 320 g/mol. The van der Waals surface area contributed by atoms with Crippen molar-refractivity contribution in [3.8, 4) is 5.75 Å². The number of β-amino-alcohol motifs (C(OH)–C–C–N with tert-alkyl or cyclic N) is 1. The van der Waals surface area contributed by atoms with Crippen LogP contribution in [0.4, 0.5) is 0 Å². The molecule has 6 nitrogen and oxygen atoms in total. The predicted molar refractivity (Wildman–Crippen MR) is 85.3 cm³/mol. The van der Waals surface area contributed by atoms with Gasteiger partial charge in [0.2, 0.25) is 5.91 Å². The van der Waals surface area contributed by atoms with Crippen LogP contribution in [0.2, 0.25) is 0 Å². The second-order valence-corrected chi connectivity index (χ2v) is 6.10. The van der Waals surface area contributed by atoms with Gasteiger partial charge in [0.25, 0.3) is 0 Å². The van der Waals surface area contributed by atoms with Gasteiger partial charge < -0.3 is 19.5 Å². The average Bonchev–Trinajstić information content (AvgIpc) is 2.96. The highest BCUT2D eigenvalue weighted by molar-refractivity contribution is 5.78. The van der Waals surface area contributed by atoms with Crippen molar-refractivity contribution >= 4 is 5.91 Å². The number of carbonyl (C=O) groups is 1. The number of rotatable bonds is 4. The molecule has 2 aliphatic heterocycles. The molecule has 23 heavy (non-hydrogen) atoms. The monoisotopic (exact) mass is 320 g/mol. The van der Waals surface area contributed by atoms with Crippen LogP contribution < -0.4 is 4.74 Å². The molecular formula is C17H24N2O4. The summed E-state index contributed by atoms with van der Waals surface area (Å²) in [5.41, 5.74) is 1.08. The summed E-state index contributed by atoms with van der Waals surface area (Å²) in [6.07, 6.45) is 0.243. The lowest BCUT2D eigenvalue weighted by atomic mass is 10.0. The maximum Gasteiger partial charge on any atom is 0.236 e. The van der Waals surface area contributed by atoms with Gasteiger partial charge >= 0.3 is 0 Å². The van der Waals surface area contributed by atoms with Crippen LogP contribution in [-0.4, -0.2) is 73.4 Å². The number of morpholine rings is 1. The fourth-order valence-corrected chi connectivity index (χ4v) is 3.34. The highest BCUT2D eigenvalue weighted by Gasteiger charge is 2.34. The smallest absolute Gasteiger partial charge is 0.236 e. The molecule has 0 saturated carbocycles. The van der Waals surface area contributed by atoms with Crippen molar-refractivity contribution in [3.05, 3.63) is 29.8 Å². The van der Waals surface area contributed by atoms with E-state index in [1.54, 1.807) is 7.11 Å². The van der Waals surface area contributed by atoms with Crippen molar-refractivity contribution in [1.82, 2.24) is 9.80 Å². The SMILES string of the molecule is COc1cccc([C@@H]2C[C@H](O)CN2CC(=O)N2CCOCC2)c1. The third-order valence-electron chi connectivity index (χ3n) is 4.56. The number of aliphatic hydroxyl groups is 1. The Morgan fingerprint density at radius 3 is 2.91 bits per heavy atom. The van der Waals surface area contributed by atoms with Crippen LogP contribution in [0, 0.1) is 0 Å². The molecule has 3 rings (SSSR count). The molecule has 0 unspecified atom stereocenters. The molecule has 0 aromatic heterocycles. The summed E-state index contributed by atoms with van der Waals surface area (Å²) in [5, 5.41) is 10.1. The van der Waals surface area contributed by atoms with Crippen LogP contribution in [0.15, 0.2) is 24.3 Å². The standard InChI is InChI=1S/C17H24N2O4/c1-22-15-4-2-3-13(9-15)16-10-14(20)11-19(16)12-17(21)18-5-7-23-8-6-18/h2-4,9,14,16,20H,5-8,10-12H2,1H3/t14-,16-/m0/s1. The quantitative estimate of drug-likeness (QED) is 0.883. The molecule has 126 valence electrons. The number of nitrogens with zero attached hydrogens (tertiary/aromatic N) is 2. The lowest BCUT2D eigenvalue weighted by Gasteiger charge is -2.30. The van der Waals surface area contributed by atoms with Crippen LogP contribution in [0.3, 0.4) is 0 Å². The van der Waals surface area contributed by atoms with Crippen molar-refractivity contribution in [1.29, 1.82) is 0 Å². The van der Waals surface area contributed by atoms with E-state index < -0.39 is 6.10 Å². The van der Waals surface area contributed by atoms with E-state index in [-0.39, 0.29) is 11.9 Å². The lowest BCUT2D eigenvalue weighted by Crippen LogP contribution is -2.45. The van der Waals surface area contributed by atoms with E-state index >= 15 is 0 Å². The molecule has 0 bridgehead atoms. The molecule has 1 aromatic rings. The minimum atomic E-state index is -0.399. The number of benzene rings is 1. The van der Waals surface area contributed by atoms with Gasteiger partial charge in [0.15, 0.2) is 0 Å². The van der Waals surface area contributed by atoms with Crippen LogP contribution in [0.5, 0.6) is 5.75 Å². The number of hydrogen-bond acceptors (Lipinski definition) is 5. The van der Waals surface area contributed by atoms with Crippen LogP contribution in [-0.2, 0) is 9.53 Å². The summed E-state index contributed by atoms with van der Waals surface area (Å²) in [5.74, 6) is 0.902.